The van der Waals surface area contributed by atoms with E-state index in [-0.39, 0.29) is 11.9 Å². The predicted octanol–water partition coefficient (Wildman–Crippen LogP) is 1.12. The quantitative estimate of drug-likeness (QED) is 0.792. The van der Waals surface area contributed by atoms with Crippen molar-refractivity contribution >= 4 is 5.91 Å². The number of carbonyl (C=O) groups is 1. The maximum absolute atomic E-state index is 12.3. The largest absolute Gasteiger partial charge is 0.352 e. The molecule has 0 bridgehead atoms. The van der Waals surface area contributed by atoms with Gasteiger partial charge in [-0.2, -0.15) is 0 Å². The van der Waals surface area contributed by atoms with Crippen LogP contribution in [0.1, 0.15) is 46.5 Å². The first-order valence-corrected chi connectivity index (χ1v) is 7.38. The number of piperidine rings is 1. The normalized spacial score (nSPS) is 32.4. The topological polar surface area (TPSA) is 44.4 Å². The zero-order valence-corrected chi connectivity index (χ0v) is 11.9. The van der Waals surface area contributed by atoms with Gasteiger partial charge < -0.3 is 10.6 Å². The third-order valence-electron chi connectivity index (χ3n) is 4.53. The molecule has 2 aliphatic heterocycles. The molecule has 2 saturated heterocycles. The zero-order chi connectivity index (χ0) is 13.1. The minimum atomic E-state index is 0.00684. The van der Waals surface area contributed by atoms with E-state index in [0.717, 1.165) is 25.9 Å². The van der Waals surface area contributed by atoms with Gasteiger partial charge in [-0.15, -0.1) is 0 Å². The van der Waals surface area contributed by atoms with Crippen molar-refractivity contribution in [2.75, 3.05) is 13.1 Å². The highest BCUT2D eigenvalue weighted by atomic mass is 16.2. The minimum Gasteiger partial charge on any atom is -0.352 e. The summed E-state index contributed by atoms with van der Waals surface area (Å²) in [6, 6.07) is 1.45. The second-order valence-electron chi connectivity index (χ2n) is 5.93. The fourth-order valence-corrected chi connectivity index (χ4v) is 3.40. The summed E-state index contributed by atoms with van der Waals surface area (Å²) in [7, 11) is 0. The number of nitrogens with zero attached hydrogens (tertiary/aromatic N) is 1. The van der Waals surface area contributed by atoms with Gasteiger partial charge in [0.2, 0.25) is 5.91 Å². The van der Waals surface area contributed by atoms with E-state index < -0.39 is 0 Å². The number of likely N-dealkylation sites (tertiary alicyclic amines) is 1. The molecule has 2 heterocycles. The molecule has 3 atom stereocenters. The summed E-state index contributed by atoms with van der Waals surface area (Å²) in [4.78, 5) is 14.7. The van der Waals surface area contributed by atoms with E-state index in [1.165, 1.54) is 12.8 Å². The Labute approximate surface area is 110 Å². The summed E-state index contributed by atoms with van der Waals surface area (Å²) in [6.07, 6.45) is 4.55. The van der Waals surface area contributed by atoms with Crippen LogP contribution in [-0.4, -0.2) is 48.1 Å². The molecule has 4 heteroatoms. The van der Waals surface area contributed by atoms with Crippen molar-refractivity contribution < 1.29 is 4.79 Å². The average Bonchev–Trinajstić information content (AvgIpc) is 2.69. The van der Waals surface area contributed by atoms with Crippen LogP contribution in [-0.2, 0) is 4.79 Å². The first kappa shape index (κ1) is 13.8. The van der Waals surface area contributed by atoms with Crippen LogP contribution in [0.2, 0.25) is 0 Å². The molecule has 2 aliphatic rings. The molecular weight excluding hydrogens is 226 g/mol. The lowest BCUT2D eigenvalue weighted by atomic mass is 10.1. The van der Waals surface area contributed by atoms with Crippen molar-refractivity contribution in [2.24, 2.45) is 0 Å². The summed E-state index contributed by atoms with van der Waals surface area (Å²) in [5.41, 5.74) is 0. The lowest BCUT2D eigenvalue weighted by molar-refractivity contribution is -0.127. The minimum absolute atomic E-state index is 0.00684. The summed E-state index contributed by atoms with van der Waals surface area (Å²) in [5, 5.41) is 6.54. The Morgan fingerprint density at radius 3 is 2.28 bits per heavy atom. The van der Waals surface area contributed by atoms with Gasteiger partial charge in [-0.05, 0) is 59.5 Å². The van der Waals surface area contributed by atoms with Crippen molar-refractivity contribution in [1.29, 1.82) is 0 Å². The lowest BCUT2D eigenvalue weighted by Gasteiger charge is -2.33. The molecular formula is C14H27N3O. The number of hydrogen-bond acceptors (Lipinski definition) is 3. The summed E-state index contributed by atoms with van der Waals surface area (Å²) >= 11 is 0. The molecule has 0 radical (unpaired) electrons. The molecule has 2 rings (SSSR count). The standard InChI is InChI=1S/C14H27N3O/c1-10-4-5-11(2)17(10)12(3)14(18)16-13-6-8-15-9-7-13/h10-13,15H,4-9H2,1-3H3,(H,16,18). The molecule has 2 fully saturated rings. The average molecular weight is 253 g/mol. The van der Waals surface area contributed by atoms with Crippen molar-refractivity contribution in [2.45, 2.75) is 70.6 Å². The Morgan fingerprint density at radius 2 is 1.72 bits per heavy atom. The van der Waals surface area contributed by atoms with Gasteiger partial charge in [-0.1, -0.05) is 0 Å². The lowest BCUT2D eigenvalue weighted by Crippen LogP contribution is -2.52. The van der Waals surface area contributed by atoms with E-state index >= 15 is 0 Å². The molecule has 4 nitrogen and oxygen atoms in total. The van der Waals surface area contributed by atoms with Gasteiger partial charge in [0.15, 0.2) is 0 Å². The molecule has 3 unspecified atom stereocenters. The molecule has 18 heavy (non-hydrogen) atoms. The van der Waals surface area contributed by atoms with Gasteiger partial charge in [-0.3, -0.25) is 9.69 Å². The van der Waals surface area contributed by atoms with E-state index in [0.29, 0.717) is 18.1 Å². The first-order valence-electron chi connectivity index (χ1n) is 7.38. The third kappa shape index (κ3) is 3.04. The van der Waals surface area contributed by atoms with Crippen LogP contribution < -0.4 is 10.6 Å². The van der Waals surface area contributed by atoms with Crippen LogP contribution in [0.15, 0.2) is 0 Å². The van der Waals surface area contributed by atoms with Gasteiger partial charge in [0.25, 0.3) is 0 Å². The zero-order valence-electron chi connectivity index (χ0n) is 11.9. The molecule has 0 spiro atoms. The second kappa shape index (κ2) is 6.02. The molecule has 1 amide bonds. The monoisotopic (exact) mass is 253 g/mol. The molecule has 0 aromatic heterocycles. The summed E-state index contributed by atoms with van der Waals surface area (Å²) in [5.74, 6) is 0.211. The molecule has 0 aliphatic carbocycles. The SMILES string of the molecule is CC1CCC(C)N1C(C)C(=O)NC1CCNCC1. The first-order chi connectivity index (χ1) is 8.59. The number of rotatable bonds is 3. The van der Waals surface area contributed by atoms with Crippen LogP contribution in [0.25, 0.3) is 0 Å². The molecule has 0 saturated carbocycles. The Bertz CT molecular complexity index is 279. The number of hydrogen-bond donors (Lipinski definition) is 2. The molecule has 2 N–H and O–H groups in total. The van der Waals surface area contributed by atoms with Crippen molar-refractivity contribution in [1.82, 2.24) is 15.5 Å². The highest BCUT2D eigenvalue weighted by molar-refractivity contribution is 5.81. The second-order valence-corrected chi connectivity index (χ2v) is 5.93. The van der Waals surface area contributed by atoms with Crippen LogP contribution in [0, 0.1) is 0 Å². The van der Waals surface area contributed by atoms with Crippen LogP contribution in [0.5, 0.6) is 0 Å². The van der Waals surface area contributed by atoms with Crippen LogP contribution >= 0.6 is 0 Å². The highest BCUT2D eigenvalue weighted by Gasteiger charge is 2.34. The number of carbonyl (C=O) groups excluding carboxylic acids is 1. The van der Waals surface area contributed by atoms with E-state index in [2.05, 4.69) is 36.3 Å². The maximum atomic E-state index is 12.3. The Hall–Kier alpha value is -0.610. The molecule has 0 aromatic rings. The van der Waals surface area contributed by atoms with Gasteiger partial charge in [-0.25, -0.2) is 0 Å². The third-order valence-corrected chi connectivity index (χ3v) is 4.53. The van der Waals surface area contributed by atoms with E-state index in [9.17, 15) is 4.79 Å². The van der Waals surface area contributed by atoms with Gasteiger partial charge >= 0.3 is 0 Å². The maximum Gasteiger partial charge on any atom is 0.237 e. The smallest absolute Gasteiger partial charge is 0.237 e. The summed E-state index contributed by atoms with van der Waals surface area (Å²) < 4.78 is 0. The van der Waals surface area contributed by atoms with Crippen LogP contribution in [0.4, 0.5) is 0 Å². The Morgan fingerprint density at radius 1 is 1.17 bits per heavy atom. The van der Waals surface area contributed by atoms with Crippen molar-refractivity contribution in [3.8, 4) is 0 Å². The number of amides is 1. The van der Waals surface area contributed by atoms with E-state index in [1.54, 1.807) is 0 Å². The molecule has 0 aromatic carbocycles. The number of nitrogens with one attached hydrogen (secondary N) is 2. The fourth-order valence-electron chi connectivity index (χ4n) is 3.40. The van der Waals surface area contributed by atoms with E-state index in [1.807, 2.05) is 0 Å². The van der Waals surface area contributed by atoms with Gasteiger partial charge in [0, 0.05) is 18.1 Å². The van der Waals surface area contributed by atoms with Crippen molar-refractivity contribution in [3.05, 3.63) is 0 Å². The Balaban J connectivity index is 1.87. The van der Waals surface area contributed by atoms with Crippen molar-refractivity contribution in [3.63, 3.8) is 0 Å². The van der Waals surface area contributed by atoms with Crippen LogP contribution in [0.3, 0.4) is 0 Å². The fraction of sp³-hybridized carbons (Fsp3) is 0.929. The van der Waals surface area contributed by atoms with Gasteiger partial charge in [0.1, 0.15) is 0 Å². The summed E-state index contributed by atoms with van der Waals surface area (Å²) in [6.45, 7) is 8.57. The molecule has 104 valence electrons. The predicted molar refractivity (Wildman–Crippen MR) is 73.5 cm³/mol. The van der Waals surface area contributed by atoms with Gasteiger partial charge in [0.05, 0.1) is 6.04 Å². The highest BCUT2D eigenvalue weighted by Crippen LogP contribution is 2.26. The van der Waals surface area contributed by atoms with E-state index in [4.69, 9.17) is 0 Å². The Kier molecular flexibility index (Phi) is 4.62.